The Balaban J connectivity index is 1.91. The molecule has 3 rings (SSSR count). The van der Waals surface area contributed by atoms with Crippen LogP contribution in [0.2, 0.25) is 0 Å². The fourth-order valence-electron chi connectivity index (χ4n) is 2.43. The van der Waals surface area contributed by atoms with Crippen LogP contribution in [-0.4, -0.2) is 15.2 Å². The molecule has 0 amide bonds. The molecule has 0 unspecified atom stereocenters. The van der Waals surface area contributed by atoms with E-state index in [2.05, 4.69) is 60.2 Å². The van der Waals surface area contributed by atoms with Gasteiger partial charge in [-0.3, -0.25) is 5.10 Å². The molecule has 0 saturated carbocycles. The summed E-state index contributed by atoms with van der Waals surface area (Å²) in [6.45, 7) is 8.60. The van der Waals surface area contributed by atoms with Crippen molar-refractivity contribution in [3.8, 4) is 22.8 Å². The molecule has 3 N–H and O–H groups in total. The molecular weight excluding hydrogens is 284 g/mol. The molecule has 4 heteroatoms. The number of H-pyrrole nitrogens is 1. The minimum atomic E-state index is 0.143. The molecule has 1 aromatic heterocycles. The molecular formula is C19H22N4. The number of hydrogen-bond donors (Lipinski definition) is 2. The van der Waals surface area contributed by atoms with E-state index in [1.807, 2.05) is 25.1 Å². The van der Waals surface area contributed by atoms with Gasteiger partial charge >= 0.3 is 0 Å². The number of nitrogens with zero attached hydrogens (tertiary/aromatic N) is 2. The highest BCUT2D eigenvalue weighted by molar-refractivity contribution is 5.66. The highest BCUT2D eigenvalue weighted by atomic mass is 15.2. The van der Waals surface area contributed by atoms with Crippen molar-refractivity contribution in [3.63, 3.8) is 0 Å². The Bertz CT molecular complexity index is 823. The molecule has 3 aromatic rings. The highest BCUT2D eigenvalue weighted by Crippen LogP contribution is 2.26. The molecule has 0 radical (unpaired) electrons. The van der Waals surface area contributed by atoms with Gasteiger partial charge in [0.25, 0.3) is 0 Å². The number of nitrogens with two attached hydrogens (primary N) is 1. The Kier molecular flexibility index (Phi) is 3.68. The van der Waals surface area contributed by atoms with Crippen molar-refractivity contribution in [2.45, 2.75) is 33.1 Å². The highest BCUT2D eigenvalue weighted by Gasteiger charge is 2.14. The molecule has 0 bridgehead atoms. The molecule has 0 fully saturated rings. The maximum atomic E-state index is 5.97. The van der Waals surface area contributed by atoms with Crippen LogP contribution in [0, 0.1) is 6.92 Å². The first kappa shape index (κ1) is 15.3. The molecule has 0 aliphatic carbocycles. The normalized spacial score (nSPS) is 11.7. The number of aryl methyl sites for hydroxylation is 1. The SMILES string of the molecule is Cc1ccc(-c2n[nH]c(-c3ccc(C(C)(C)C)cc3)n2)cc1N. The average molecular weight is 306 g/mol. The molecule has 4 nitrogen and oxygen atoms in total. The Morgan fingerprint density at radius 1 is 0.957 bits per heavy atom. The third kappa shape index (κ3) is 3.11. The minimum absolute atomic E-state index is 0.143. The van der Waals surface area contributed by atoms with Gasteiger partial charge in [0.1, 0.15) is 0 Å². The molecule has 0 aliphatic heterocycles. The summed E-state index contributed by atoms with van der Waals surface area (Å²) in [5.41, 5.74) is 11.2. The Hall–Kier alpha value is -2.62. The minimum Gasteiger partial charge on any atom is -0.398 e. The molecule has 1 heterocycles. The maximum absolute atomic E-state index is 5.97. The number of nitrogen functional groups attached to an aromatic ring is 1. The van der Waals surface area contributed by atoms with Gasteiger partial charge in [0.05, 0.1) is 0 Å². The van der Waals surface area contributed by atoms with Crippen molar-refractivity contribution in [3.05, 3.63) is 53.6 Å². The van der Waals surface area contributed by atoms with E-state index in [9.17, 15) is 0 Å². The monoisotopic (exact) mass is 306 g/mol. The predicted octanol–water partition coefficient (Wildman–Crippen LogP) is 4.33. The molecule has 2 aromatic carbocycles. The lowest BCUT2D eigenvalue weighted by Gasteiger charge is -2.18. The zero-order valence-corrected chi connectivity index (χ0v) is 14.0. The number of hydrogen-bond acceptors (Lipinski definition) is 3. The fraction of sp³-hybridized carbons (Fsp3) is 0.263. The van der Waals surface area contributed by atoms with E-state index >= 15 is 0 Å². The van der Waals surface area contributed by atoms with Gasteiger partial charge < -0.3 is 5.73 Å². The third-order valence-corrected chi connectivity index (χ3v) is 4.05. The second kappa shape index (κ2) is 5.54. The molecule has 0 aliphatic rings. The molecule has 0 saturated heterocycles. The molecule has 23 heavy (non-hydrogen) atoms. The van der Waals surface area contributed by atoms with E-state index in [4.69, 9.17) is 5.73 Å². The van der Waals surface area contributed by atoms with Gasteiger partial charge in [0, 0.05) is 16.8 Å². The van der Waals surface area contributed by atoms with Crippen LogP contribution in [0.1, 0.15) is 31.9 Å². The van der Waals surface area contributed by atoms with E-state index in [1.54, 1.807) is 0 Å². The second-order valence-corrected chi connectivity index (χ2v) is 6.91. The predicted molar refractivity (Wildman–Crippen MR) is 95.1 cm³/mol. The van der Waals surface area contributed by atoms with E-state index in [1.165, 1.54) is 5.56 Å². The maximum Gasteiger partial charge on any atom is 0.181 e. The topological polar surface area (TPSA) is 67.6 Å². The smallest absolute Gasteiger partial charge is 0.181 e. The van der Waals surface area contributed by atoms with E-state index < -0.39 is 0 Å². The number of anilines is 1. The fourth-order valence-corrected chi connectivity index (χ4v) is 2.43. The first-order chi connectivity index (χ1) is 10.8. The van der Waals surface area contributed by atoms with Crippen molar-refractivity contribution in [1.82, 2.24) is 15.2 Å². The summed E-state index contributed by atoms with van der Waals surface area (Å²) in [6, 6.07) is 14.3. The summed E-state index contributed by atoms with van der Waals surface area (Å²) < 4.78 is 0. The van der Waals surface area contributed by atoms with Crippen molar-refractivity contribution in [2.24, 2.45) is 0 Å². The van der Waals surface area contributed by atoms with Crippen molar-refractivity contribution < 1.29 is 0 Å². The largest absolute Gasteiger partial charge is 0.398 e. The average Bonchev–Trinajstić information content (AvgIpc) is 2.99. The van der Waals surface area contributed by atoms with E-state index in [-0.39, 0.29) is 5.41 Å². The van der Waals surface area contributed by atoms with Crippen LogP contribution in [-0.2, 0) is 5.41 Å². The summed E-state index contributed by atoms with van der Waals surface area (Å²) in [5, 5.41) is 7.32. The molecule has 0 atom stereocenters. The zero-order chi connectivity index (χ0) is 16.6. The van der Waals surface area contributed by atoms with E-state index in [0.29, 0.717) is 5.82 Å². The van der Waals surface area contributed by atoms with Crippen LogP contribution in [0.25, 0.3) is 22.8 Å². The van der Waals surface area contributed by atoms with Gasteiger partial charge in [-0.05, 0) is 29.5 Å². The van der Waals surface area contributed by atoms with Gasteiger partial charge in [-0.2, -0.15) is 5.10 Å². The lowest BCUT2D eigenvalue weighted by atomic mass is 9.87. The number of aromatic amines is 1. The lowest BCUT2D eigenvalue weighted by molar-refractivity contribution is 0.590. The lowest BCUT2D eigenvalue weighted by Crippen LogP contribution is -2.10. The van der Waals surface area contributed by atoms with Crippen LogP contribution < -0.4 is 5.73 Å². The van der Waals surface area contributed by atoms with Gasteiger partial charge in [-0.25, -0.2) is 4.98 Å². The Morgan fingerprint density at radius 2 is 1.61 bits per heavy atom. The van der Waals surface area contributed by atoms with Crippen LogP contribution in [0.3, 0.4) is 0 Å². The Labute approximate surface area is 136 Å². The van der Waals surface area contributed by atoms with Crippen molar-refractivity contribution >= 4 is 5.69 Å². The first-order valence-electron chi connectivity index (χ1n) is 7.74. The summed E-state index contributed by atoms with van der Waals surface area (Å²) in [7, 11) is 0. The zero-order valence-electron chi connectivity index (χ0n) is 14.0. The second-order valence-electron chi connectivity index (χ2n) is 6.91. The summed E-state index contributed by atoms with van der Waals surface area (Å²) in [4.78, 5) is 4.59. The van der Waals surface area contributed by atoms with Gasteiger partial charge in [0.15, 0.2) is 11.6 Å². The van der Waals surface area contributed by atoms with Crippen LogP contribution in [0.5, 0.6) is 0 Å². The van der Waals surface area contributed by atoms with Crippen LogP contribution in [0.15, 0.2) is 42.5 Å². The number of benzene rings is 2. The summed E-state index contributed by atoms with van der Waals surface area (Å²) >= 11 is 0. The van der Waals surface area contributed by atoms with E-state index in [0.717, 1.165) is 28.2 Å². The van der Waals surface area contributed by atoms with Gasteiger partial charge in [-0.15, -0.1) is 0 Å². The van der Waals surface area contributed by atoms with Crippen LogP contribution >= 0.6 is 0 Å². The number of nitrogens with one attached hydrogen (secondary N) is 1. The Morgan fingerprint density at radius 3 is 2.22 bits per heavy atom. The van der Waals surface area contributed by atoms with Crippen LogP contribution in [0.4, 0.5) is 5.69 Å². The molecule has 118 valence electrons. The van der Waals surface area contributed by atoms with Crippen molar-refractivity contribution in [2.75, 3.05) is 5.73 Å². The van der Waals surface area contributed by atoms with Gasteiger partial charge in [-0.1, -0.05) is 57.2 Å². The standard InChI is InChI=1S/C19H22N4/c1-12-5-6-14(11-16(12)20)18-21-17(22-23-18)13-7-9-15(10-8-13)19(2,3)4/h5-11H,20H2,1-4H3,(H,21,22,23). The van der Waals surface area contributed by atoms with Crippen molar-refractivity contribution in [1.29, 1.82) is 0 Å². The molecule has 0 spiro atoms. The quantitative estimate of drug-likeness (QED) is 0.693. The first-order valence-corrected chi connectivity index (χ1v) is 7.74. The summed E-state index contributed by atoms with van der Waals surface area (Å²) in [5.74, 6) is 1.42. The number of rotatable bonds is 2. The van der Waals surface area contributed by atoms with Gasteiger partial charge in [0.2, 0.25) is 0 Å². The number of aromatic nitrogens is 3. The third-order valence-electron chi connectivity index (χ3n) is 4.05. The summed E-state index contributed by atoms with van der Waals surface area (Å²) in [6.07, 6.45) is 0.